The molecule has 5 unspecified atom stereocenters. The van der Waals surface area contributed by atoms with Gasteiger partial charge in [0.05, 0.1) is 16.1 Å². The standard InChI is InChI=1S/C20H24Cl2N2O3/c1-10-4-6-14(8-11(10)2)27-19(25)17-12(3)23-20(26)24-18(17)13-5-7-15(21)16(22)9-13/h5,7,9-11,14,17-18H,4,6,8H2,1-3H3,(H,24,26). The van der Waals surface area contributed by atoms with Crippen LogP contribution in [0.4, 0.5) is 4.79 Å². The van der Waals surface area contributed by atoms with Crippen molar-refractivity contribution in [2.45, 2.75) is 52.2 Å². The summed E-state index contributed by atoms with van der Waals surface area (Å²) in [6.07, 6.45) is 2.68. The highest BCUT2D eigenvalue weighted by Gasteiger charge is 2.39. The third-order valence-corrected chi connectivity index (χ3v) is 6.47. The molecule has 1 heterocycles. The summed E-state index contributed by atoms with van der Waals surface area (Å²) in [5.41, 5.74) is 1.14. The van der Waals surface area contributed by atoms with Gasteiger partial charge in [0.1, 0.15) is 12.0 Å². The van der Waals surface area contributed by atoms with Crippen LogP contribution in [0.3, 0.4) is 0 Å². The minimum absolute atomic E-state index is 0.0939. The van der Waals surface area contributed by atoms with E-state index in [1.54, 1.807) is 25.1 Å². The van der Waals surface area contributed by atoms with Crippen molar-refractivity contribution in [3.8, 4) is 0 Å². The third kappa shape index (κ3) is 4.46. The Balaban J connectivity index is 1.82. The van der Waals surface area contributed by atoms with Crippen LogP contribution in [0.2, 0.25) is 10.0 Å². The number of rotatable bonds is 3. The predicted octanol–water partition coefficient (Wildman–Crippen LogP) is 5.20. The Morgan fingerprint density at radius 1 is 1.19 bits per heavy atom. The number of nitrogens with one attached hydrogen (secondary N) is 1. The number of benzene rings is 1. The maximum atomic E-state index is 13.0. The highest BCUT2D eigenvalue weighted by atomic mass is 35.5. The van der Waals surface area contributed by atoms with Crippen molar-refractivity contribution in [1.29, 1.82) is 0 Å². The number of esters is 1. The first-order valence-corrected chi connectivity index (χ1v) is 10.0. The smallest absolute Gasteiger partial charge is 0.341 e. The zero-order valence-corrected chi connectivity index (χ0v) is 17.2. The molecule has 5 atom stereocenters. The van der Waals surface area contributed by atoms with E-state index in [2.05, 4.69) is 24.2 Å². The molecule has 0 aromatic heterocycles. The maximum Gasteiger partial charge on any atom is 0.341 e. The second-order valence-electron chi connectivity index (χ2n) is 7.66. The lowest BCUT2D eigenvalue weighted by Gasteiger charge is -2.34. The molecule has 2 aliphatic rings. The second kappa shape index (κ2) is 8.19. The van der Waals surface area contributed by atoms with Crippen LogP contribution in [-0.2, 0) is 9.53 Å². The first kappa shape index (κ1) is 20.2. The maximum absolute atomic E-state index is 13.0. The summed E-state index contributed by atoms with van der Waals surface area (Å²) >= 11 is 12.1. The predicted molar refractivity (Wildman–Crippen MR) is 106 cm³/mol. The van der Waals surface area contributed by atoms with E-state index in [1.165, 1.54) is 0 Å². The van der Waals surface area contributed by atoms with E-state index in [4.69, 9.17) is 27.9 Å². The number of nitrogens with zero attached hydrogens (tertiary/aromatic N) is 1. The molecule has 1 aliphatic carbocycles. The fraction of sp³-hybridized carbons (Fsp3) is 0.550. The average Bonchev–Trinajstić information content (AvgIpc) is 2.59. The van der Waals surface area contributed by atoms with Gasteiger partial charge in [-0.2, -0.15) is 0 Å². The number of carbonyl (C=O) groups is 2. The van der Waals surface area contributed by atoms with Gasteiger partial charge in [-0.25, -0.2) is 9.79 Å². The van der Waals surface area contributed by atoms with E-state index in [-0.39, 0.29) is 12.1 Å². The molecular formula is C20H24Cl2N2O3. The molecule has 1 saturated carbocycles. The lowest BCUT2D eigenvalue weighted by atomic mass is 9.80. The van der Waals surface area contributed by atoms with E-state index in [9.17, 15) is 9.59 Å². The molecule has 0 bridgehead atoms. The fourth-order valence-electron chi connectivity index (χ4n) is 3.85. The molecule has 3 rings (SSSR count). The van der Waals surface area contributed by atoms with Crippen molar-refractivity contribution >= 4 is 40.9 Å². The first-order valence-electron chi connectivity index (χ1n) is 9.27. The molecule has 1 aliphatic heterocycles. The minimum atomic E-state index is -0.686. The van der Waals surface area contributed by atoms with Gasteiger partial charge in [0.25, 0.3) is 0 Å². The van der Waals surface area contributed by atoms with Crippen LogP contribution in [0.5, 0.6) is 0 Å². The van der Waals surface area contributed by atoms with Gasteiger partial charge in [-0.05, 0) is 55.7 Å². The molecule has 1 aromatic carbocycles. The van der Waals surface area contributed by atoms with Crippen molar-refractivity contribution in [2.75, 3.05) is 0 Å². The van der Waals surface area contributed by atoms with Crippen LogP contribution in [0.1, 0.15) is 51.6 Å². The van der Waals surface area contributed by atoms with Gasteiger partial charge in [0.2, 0.25) is 0 Å². The van der Waals surface area contributed by atoms with Gasteiger partial charge < -0.3 is 10.1 Å². The fourth-order valence-corrected chi connectivity index (χ4v) is 4.16. The molecule has 1 N–H and O–H groups in total. The van der Waals surface area contributed by atoms with Crippen LogP contribution >= 0.6 is 23.2 Å². The zero-order valence-electron chi connectivity index (χ0n) is 15.7. The third-order valence-electron chi connectivity index (χ3n) is 5.73. The number of ether oxygens (including phenoxy) is 1. The van der Waals surface area contributed by atoms with E-state index < -0.39 is 18.0 Å². The molecular weight excluding hydrogens is 387 g/mol. The molecule has 5 nitrogen and oxygen atoms in total. The molecule has 0 spiro atoms. The Morgan fingerprint density at radius 2 is 1.93 bits per heavy atom. The summed E-state index contributed by atoms with van der Waals surface area (Å²) in [5, 5.41) is 3.55. The Morgan fingerprint density at radius 3 is 2.59 bits per heavy atom. The van der Waals surface area contributed by atoms with Crippen LogP contribution < -0.4 is 5.32 Å². The van der Waals surface area contributed by atoms with E-state index >= 15 is 0 Å². The van der Waals surface area contributed by atoms with Crippen molar-refractivity contribution in [1.82, 2.24) is 5.32 Å². The molecule has 0 saturated heterocycles. The Hall–Kier alpha value is -1.59. The number of aliphatic imine (C=N–C) groups is 1. The molecule has 27 heavy (non-hydrogen) atoms. The number of amides is 2. The van der Waals surface area contributed by atoms with Gasteiger partial charge >= 0.3 is 12.0 Å². The summed E-state index contributed by atoms with van der Waals surface area (Å²) in [7, 11) is 0. The summed E-state index contributed by atoms with van der Waals surface area (Å²) in [6, 6.07) is 4.00. The molecule has 1 aromatic rings. The van der Waals surface area contributed by atoms with Gasteiger partial charge in [0.15, 0.2) is 0 Å². The van der Waals surface area contributed by atoms with Crippen molar-refractivity contribution in [3.63, 3.8) is 0 Å². The van der Waals surface area contributed by atoms with Gasteiger partial charge in [-0.1, -0.05) is 43.1 Å². The summed E-state index contributed by atoms with van der Waals surface area (Å²) in [6.45, 7) is 6.11. The zero-order chi connectivity index (χ0) is 19.7. The Kier molecular flexibility index (Phi) is 6.11. The van der Waals surface area contributed by atoms with Crippen LogP contribution in [0.15, 0.2) is 23.2 Å². The lowest BCUT2D eigenvalue weighted by molar-refractivity contribution is -0.155. The summed E-state index contributed by atoms with van der Waals surface area (Å²) in [5.74, 6) is 0.109. The quantitative estimate of drug-likeness (QED) is 0.695. The van der Waals surface area contributed by atoms with Crippen molar-refractivity contribution in [2.24, 2.45) is 22.7 Å². The van der Waals surface area contributed by atoms with E-state index in [1.807, 2.05) is 0 Å². The largest absolute Gasteiger partial charge is 0.462 e. The molecule has 1 fully saturated rings. The summed E-state index contributed by atoms with van der Waals surface area (Å²) in [4.78, 5) is 28.9. The number of urea groups is 1. The van der Waals surface area contributed by atoms with Crippen molar-refractivity contribution < 1.29 is 14.3 Å². The van der Waals surface area contributed by atoms with Crippen LogP contribution in [0, 0.1) is 17.8 Å². The van der Waals surface area contributed by atoms with Crippen LogP contribution in [-0.4, -0.2) is 23.8 Å². The summed E-state index contributed by atoms with van der Waals surface area (Å²) < 4.78 is 5.83. The van der Waals surface area contributed by atoms with Gasteiger partial charge in [0, 0.05) is 5.71 Å². The number of halogens is 2. The molecule has 2 amide bonds. The first-order chi connectivity index (χ1) is 12.8. The number of carbonyl (C=O) groups excluding carboxylic acids is 2. The van der Waals surface area contributed by atoms with E-state index in [0.717, 1.165) is 19.3 Å². The molecule has 7 heteroatoms. The highest BCUT2D eigenvalue weighted by Crippen LogP contribution is 2.35. The van der Waals surface area contributed by atoms with E-state index in [0.29, 0.717) is 33.2 Å². The normalized spacial score (nSPS) is 31.1. The molecule has 0 radical (unpaired) electrons. The van der Waals surface area contributed by atoms with Gasteiger partial charge in [-0.15, -0.1) is 0 Å². The monoisotopic (exact) mass is 410 g/mol. The average molecular weight is 411 g/mol. The Bertz CT molecular complexity index is 780. The second-order valence-corrected chi connectivity index (χ2v) is 8.47. The minimum Gasteiger partial charge on any atom is -0.462 e. The molecule has 146 valence electrons. The topological polar surface area (TPSA) is 67.8 Å². The number of hydrogen-bond acceptors (Lipinski definition) is 3. The highest BCUT2D eigenvalue weighted by molar-refractivity contribution is 6.42. The Labute approximate surface area is 169 Å². The van der Waals surface area contributed by atoms with Crippen LogP contribution in [0.25, 0.3) is 0 Å². The number of hydrogen-bond donors (Lipinski definition) is 1. The SMILES string of the molecule is CC1=NC(=O)NC(c2ccc(Cl)c(Cl)c2)C1C(=O)OC1CCC(C)C(C)C1. The van der Waals surface area contributed by atoms with Crippen molar-refractivity contribution in [3.05, 3.63) is 33.8 Å². The lowest BCUT2D eigenvalue weighted by Crippen LogP contribution is -2.45. The van der Waals surface area contributed by atoms with Gasteiger partial charge in [-0.3, -0.25) is 4.79 Å².